The molecule has 1 aromatic heterocycles. The molecule has 128 valence electrons. The summed E-state index contributed by atoms with van der Waals surface area (Å²) >= 11 is 0. The second kappa shape index (κ2) is 7.21. The lowest BCUT2D eigenvalue weighted by molar-refractivity contribution is 0.101. The van der Waals surface area contributed by atoms with Crippen LogP contribution in [0.15, 0.2) is 52.9 Å². The number of rotatable bonds is 6. The number of ether oxygens (including phenoxy) is 2. The van der Waals surface area contributed by atoms with Crippen LogP contribution in [-0.2, 0) is 6.61 Å². The Bertz CT molecular complexity index is 884. The Hall–Kier alpha value is -3.08. The Morgan fingerprint density at radius 1 is 1.16 bits per heavy atom. The molecule has 5 nitrogen and oxygen atoms in total. The highest BCUT2D eigenvalue weighted by molar-refractivity contribution is 5.97. The molecule has 3 aromatic rings. The maximum Gasteiger partial charge on any atom is 0.226 e. The molecule has 5 heteroatoms. The van der Waals surface area contributed by atoms with Gasteiger partial charge in [0.2, 0.25) is 5.89 Å². The number of hydrogen-bond donors (Lipinski definition) is 0. The van der Waals surface area contributed by atoms with E-state index < -0.39 is 0 Å². The number of carbonyl (C=O) groups excluding carboxylic acids is 1. The first-order valence-corrected chi connectivity index (χ1v) is 7.92. The molecule has 25 heavy (non-hydrogen) atoms. The summed E-state index contributed by atoms with van der Waals surface area (Å²) in [6, 6.07) is 14.8. The molecule has 0 amide bonds. The van der Waals surface area contributed by atoms with Crippen LogP contribution >= 0.6 is 0 Å². The highest BCUT2D eigenvalue weighted by Gasteiger charge is 2.14. The average molecular weight is 337 g/mol. The van der Waals surface area contributed by atoms with Crippen molar-refractivity contribution in [2.75, 3.05) is 7.11 Å². The van der Waals surface area contributed by atoms with E-state index in [2.05, 4.69) is 4.98 Å². The molecule has 0 N–H and O–H groups in total. The van der Waals surface area contributed by atoms with E-state index >= 15 is 0 Å². The van der Waals surface area contributed by atoms with Gasteiger partial charge in [0.1, 0.15) is 29.6 Å². The normalized spacial score (nSPS) is 10.5. The summed E-state index contributed by atoms with van der Waals surface area (Å²) in [4.78, 5) is 16.3. The minimum Gasteiger partial charge on any atom is -0.497 e. The van der Waals surface area contributed by atoms with Crippen molar-refractivity contribution in [3.05, 3.63) is 65.5 Å². The van der Waals surface area contributed by atoms with Crippen molar-refractivity contribution < 1.29 is 18.7 Å². The van der Waals surface area contributed by atoms with Crippen LogP contribution in [0.3, 0.4) is 0 Å². The largest absolute Gasteiger partial charge is 0.497 e. The predicted molar refractivity (Wildman–Crippen MR) is 94.0 cm³/mol. The van der Waals surface area contributed by atoms with Crippen molar-refractivity contribution in [3.63, 3.8) is 0 Å². The third-order valence-corrected chi connectivity index (χ3v) is 3.84. The van der Waals surface area contributed by atoms with Crippen LogP contribution in [0.25, 0.3) is 11.5 Å². The van der Waals surface area contributed by atoms with Gasteiger partial charge in [-0.15, -0.1) is 0 Å². The molecule has 0 fully saturated rings. The molecule has 0 spiro atoms. The van der Waals surface area contributed by atoms with Gasteiger partial charge in [0.05, 0.1) is 12.7 Å². The monoisotopic (exact) mass is 337 g/mol. The smallest absolute Gasteiger partial charge is 0.226 e. The number of aryl methyl sites for hydroxylation is 1. The first-order valence-electron chi connectivity index (χ1n) is 7.92. The van der Waals surface area contributed by atoms with Crippen molar-refractivity contribution >= 4 is 5.78 Å². The van der Waals surface area contributed by atoms with Gasteiger partial charge in [-0.25, -0.2) is 4.98 Å². The molecule has 3 rings (SSSR count). The average Bonchev–Trinajstić information content (AvgIpc) is 3.01. The first-order chi connectivity index (χ1) is 12.1. The maximum atomic E-state index is 11.8. The lowest BCUT2D eigenvalue weighted by Crippen LogP contribution is -2.03. The number of methoxy groups -OCH3 is 1. The van der Waals surface area contributed by atoms with Crippen molar-refractivity contribution in [1.82, 2.24) is 4.98 Å². The van der Waals surface area contributed by atoms with Crippen LogP contribution in [0, 0.1) is 6.92 Å². The zero-order chi connectivity index (χ0) is 17.8. The topological polar surface area (TPSA) is 61.6 Å². The zero-order valence-corrected chi connectivity index (χ0v) is 14.4. The summed E-state index contributed by atoms with van der Waals surface area (Å²) in [6.45, 7) is 3.56. The van der Waals surface area contributed by atoms with Crippen LogP contribution in [-0.4, -0.2) is 17.9 Å². The number of nitrogens with zero attached hydrogens (tertiary/aromatic N) is 1. The molecule has 2 aromatic carbocycles. The molecule has 0 aliphatic rings. The van der Waals surface area contributed by atoms with Gasteiger partial charge in [0, 0.05) is 5.56 Å². The molecule has 0 atom stereocenters. The molecule has 0 aliphatic heterocycles. The van der Waals surface area contributed by atoms with E-state index in [1.54, 1.807) is 25.3 Å². The lowest BCUT2D eigenvalue weighted by atomic mass is 10.1. The van der Waals surface area contributed by atoms with Gasteiger partial charge in [-0.05, 0) is 44.2 Å². The Balaban J connectivity index is 1.81. The summed E-state index contributed by atoms with van der Waals surface area (Å²) in [5.74, 6) is 2.27. The number of carbonyl (C=O) groups is 1. The van der Waals surface area contributed by atoms with E-state index in [1.807, 2.05) is 37.3 Å². The number of aromatic nitrogens is 1. The van der Waals surface area contributed by atoms with Crippen LogP contribution in [0.4, 0.5) is 0 Å². The zero-order valence-electron chi connectivity index (χ0n) is 14.4. The molecular formula is C20H19NO4. The van der Waals surface area contributed by atoms with Crippen LogP contribution in [0.5, 0.6) is 11.5 Å². The molecule has 1 heterocycles. The van der Waals surface area contributed by atoms with E-state index in [0.717, 1.165) is 5.56 Å². The fraction of sp³-hybridized carbons (Fsp3) is 0.200. The Morgan fingerprint density at radius 3 is 2.60 bits per heavy atom. The summed E-state index contributed by atoms with van der Waals surface area (Å²) < 4.78 is 16.7. The van der Waals surface area contributed by atoms with Crippen LogP contribution in [0.1, 0.15) is 28.7 Å². The second-order valence-corrected chi connectivity index (χ2v) is 5.59. The van der Waals surface area contributed by atoms with Gasteiger partial charge >= 0.3 is 0 Å². The molecule has 0 radical (unpaired) electrons. The summed E-state index contributed by atoms with van der Waals surface area (Å²) in [5.41, 5.74) is 2.08. The number of oxazole rings is 1. The highest BCUT2D eigenvalue weighted by Crippen LogP contribution is 2.27. The molecule has 0 aliphatic carbocycles. The Kier molecular flexibility index (Phi) is 4.84. The van der Waals surface area contributed by atoms with Crippen molar-refractivity contribution in [2.24, 2.45) is 0 Å². The maximum absolute atomic E-state index is 11.8. The van der Waals surface area contributed by atoms with Crippen LogP contribution < -0.4 is 9.47 Å². The fourth-order valence-electron chi connectivity index (χ4n) is 2.45. The third kappa shape index (κ3) is 3.71. The van der Waals surface area contributed by atoms with Gasteiger partial charge < -0.3 is 13.9 Å². The van der Waals surface area contributed by atoms with Crippen LogP contribution in [0.2, 0.25) is 0 Å². The molecular weight excluding hydrogens is 318 g/mol. The van der Waals surface area contributed by atoms with Gasteiger partial charge in [-0.3, -0.25) is 4.79 Å². The summed E-state index contributed by atoms with van der Waals surface area (Å²) in [5, 5.41) is 0. The van der Waals surface area contributed by atoms with Gasteiger partial charge in [-0.1, -0.05) is 18.2 Å². The number of ketones is 1. The Labute approximate surface area is 146 Å². The molecule has 0 saturated carbocycles. The van der Waals surface area contributed by atoms with E-state index in [-0.39, 0.29) is 12.4 Å². The summed E-state index contributed by atoms with van der Waals surface area (Å²) in [7, 11) is 1.56. The molecule has 0 unspecified atom stereocenters. The van der Waals surface area contributed by atoms with E-state index in [1.165, 1.54) is 6.92 Å². The van der Waals surface area contributed by atoms with Gasteiger partial charge in [0.25, 0.3) is 0 Å². The van der Waals surface area contributed by atoms with Crippen molar-refractivity contribution in [1.29, 1.82) is 0 Å². The van der Waals surface area contributed by atoms with E-state index in [9.17, 15) is 4.79 Å². The molecule has 0 bridgehead atoms. The van der Waals surface area contributed by atoms with Gasteiger partial charge in [0.15, 0.2) is 5.78 Å². The fourth-order valence-corrected chi connectivity index (χ4v) is 2.45. The quantitative estimate of drug-likeness (QED) is 0.622. The number of Topliss-reactive ketones (excluding diaryl/α,β-unsaturated/α-hetero) is 1. The Morgan fingerprint density at radius 2 is 1.92 bits per heavy atom. The highest BCUT2D eigenvalue weighted by atomic mass is 16.5. The number of hydrogen-bond acceptors (Lipinski definition) is 5. The van der Waals surface area contributed by atoms with Crippen molar-refractivity contribution in [2.45, 2.75) is 20.5 Å². The predicted octanol–water partition coefficient (Wildman–Crippen LogP) is 4.44. The minimum absolute atomic E-state index is 0.0873. The minimum atomic E-state index is -0.0873. The van der Waals surface area contributed by atoms with E-state index in [4.69, 9.17) is 13.9 Å². The lowest BCUT2D eigenvalue weighted by Gasteiger charge is -2.10. The standard InChI is InChI=1S/C20H19NO4/c1-13(22)17-11-16(23-3)9-10-19(17)24-12-18-14(2)25-20(21-18)15-7-5-4-6-8-15/h4-11H,12H2,1-3H3. The summed E-state index contributed by atoms with van der Waals surface area (Å²) in [6.07, 6.45) is 0. The first kappa shape index (κ1) is 16.8. The van der Waals surface area contributed by atoms with E-state index in [0.29, 0.717) is 34.4 Å². The third-order valence-electron chi connectivity index (χ3n) is 3.84. The van der Waals surface area contributed by atoms with Gasteiger partial charge in [-0.2, -0.15) is 0 Å². The van der Waals surface area contributed by atoms with Crippen molar-refractivity contribution in [3.8, 4) is 23.0 Å². The second-order valence-electron chi connectivity index (χ2n) is 5.59. The molecule has 0 saturated heterocycles. The number of benzene rings is 2. The SMILES string of the molecule is COc1ccc(OCc2nc(-c3ccccc3)oc2C)c(C(C)=O)c1.